The fourth-order valence-electron chi connectivity index (χ4n) is 4.04. The first kappa shape index (κ1) is 20.5. The largest absolute Gasteiger partial charge is 0.497 e. The summed E-state index contributed by atoms with van der Waals surface area (Å²) in [6, 6.07) is 11.2. The van der Waals surface area contributed by atoms with Crippen LogP contribution in [0.4, 0.5) is 5.69 Å². The standard InChI is InChI=1S/C21H26N4O4S/c1-15-12-18-19(23(3)21(26)22(18)2)14-20(15)30(27,28)25-10-8-24(9-11-25)16-6-5-7-17(13-16)29-4/h5-7,12-14H,8-11H2,1-4H3. The number of anilines is 1. The molecule has 1 saturated heterocycles. The molecular weight excluding hydrogens is 404 g/mol. The number of imidazole rings is 1. The van der Waals surface area contributed by atoms with Crippen molar-refractivity contribution in [3.05, 3.63) is 52.4 Å². The molecule has 0 saturated carbocycles. The first-order valence-corrected chi connectivity index (χ1v) is 11.2. The molecule has 2 heterocycles. The van der Waals surface area contributed by atoms with Gasteiger partial charge in [0.25, 0.3) is 0 Å². The fourth-order valence-corrected chi connectivity index (χ4v) is 5.69. The number of methoxy groups -OCH3 is 1. The maximum Gasteiger partial charge on any atom is 0.328 e. The van der Waals surface area contributed by atoms with Gasteiger partial charge in [-0.3, -0.25) is 9.13 Å². The van der Waals surface area contributed by atoms with Crippen LogP contribution in [0.2, 0.25) is 0 Å². The second kappa shape index (κ2) is 7.48. The summed E-state index contributed by atoms with van der Waals surface area (Å²) in [4.78, 5) is 14.6. The van der Waals surface area contributed by atoms with E-state index in [9.17, 15) is 13.2 Å². The minimum atomic E-state index is -3.67. The summed E-state index contributed by atoms with van der Waals surface area (Å²) in [6.07, 6.45) is 0. The molecule has 0 atom stereocenters. The van der Waals surface area contributed by atoms with Crippen LogP contribution in [0.5, 0.6) is 5.75 Å². The van der Waals surface area contributed by atoms with Gasteiger partial charge in [0, 0.05) is 52.0 Å². The van der Waals surface area contributed by atoms with Crippen molar-refractivity contribution in [2.45, 2.75) is 11.8 Å². The molecule has 1 aliphatic heterocycles. The number of fused-ring (bicyclic) bond motifs is 1. The van der Waals surface area contributed by atoms with Gasteiger partial charge in [0.15, 0.2) is 0 Å². The topological polar surface area (TPSA) is 76.8 Å². The van der Waals surface area contributed by atoms with E-state index in [1.54, 1.807) is 40.3 Å². The number of aromatic nitrogens is 2. The summed E-state index contributed by atoms with van der Waals surface area (Å²) < 4.78 is 36.6. The third-order valence-corrected chi connectivity index (χ3v) is 7.88. The summed E-state index contributed by atoms with van der Waals surface area (Å²) >= 11 is 0. The van der Waals surface area contributed by atoms with Gasteiger partial charge >= 0.3 is 5.69 Å². The predicted molar refractivity (Wildman–Crippen MR) is 117 cm³/mol. The maximum atomic E-state index is 13.4. The van der Waals surface area contributed by atoms with E-state index in [1.165, 1.54) is 13.4 Å². The lowest BCUT2D eigenvalue weighted by molar-refractivity contribution is 0.384. The van der Waals surface area contributed by atoms with Crippen molar-refractivity contribution in [1.29, 1.82) is 0 Å². The molecule has 0 amide bonds. The van der Waals surface area contributed by atoms with Crippen molar-refractivity contribution in [3.63, 3.8) is 0 Å². The highest BCUT2D eigenvalue weighted by Crippen LogP contribution is 2.27. The van der Waals surface area contributed by atoms with E-state index in [0.29, 0.717) is 37.3 Å². The summed E-state index contributed by atoms with van der Waals surface area (Å²) in [6.45, 7) is 3.75. The SMILES string of the molecule is COc1cccc(N2CCN(S(=O)(=O)c3cc4c(cc3C)n(C)c(=O)n4C)CC2)c1. The van der Waals surface area contributed by atoms with Gasteiger partial charge in [0.1, 0.15) is 5.75 Å². The Bertz CT molecular complexity index is 1270. The Hall–Kier alpha value is -2.78. The molecule has 0 bridgehead atoms. The van der Waals surface area contributed by atoms with E-state index < -0.39 is 10.0 Å². The van der Waals surface area contributed by atoms with E-state index in [2.05, 4.69) is 4.90 Å². The van der Waals surface area contributed by atoms with Crippen molar-refractivity contribution in [3.8, 4) is 5.75 Å². The van der Waals surface area contributed by atoms with Crippen LogP contribution in [0.3, 0.4) is 0 Å². The lowest BCUT2D eigenvalue weighted by Gasteiger charge is -2.35. The van der Waals surface area contributed by atoms with E-state index in [-0.39, 0.29) is 10.6 Å². The molecule has 0 radical (unpaired) electrons. The van der Waals surface area contributed by atoms with Crippen molar-refractivity contribution in [2.75, 3.05) is 38.2 Å². The number of hydrogen-bond donors (Lipinski definition) is 0. The molecule has 30 heavy (non-hydrogen) atoms. The Kier molecular flexibility index (Phi) is 5.11. The molecule has 1 aliphatic rings. The van der Waals surface area contributed by atoms with Crippen LogP contribution >= 0.6 is 0 Å². The lowest BCUT2D eigenvalue weighted by Crippen LogP contribution is -2.48. The van der Waals surface area contributed by atoms with Crippen LogP contribution in [-0.4, -0.2) is 55.1 Å². The summed E-state index contributed by atoms with van der Waals surface area (Å²) in [5.41, 5.74) is 2.82. The van der Waals surface area contributed by atoms with Gasteiger partial charge in [0.2, 0.25) is 10.0 Å². The molecule has 4 rings (SSSR count). The zero-order valence-electron chi connectivity index (χ0n) is 17.6. The van der Waals surface area contributed by atoms with Gasteiger partial charge < -0.3 is 9.64 Å². The Morgan fingerprint density at radius 1 is 0.933 bits per heavy atom. The number of rotatable bonds is 4. The minimum absolute atomic E-state index is 0.175. The van der Waals surface area contributed by atoms with E-state index in [4.69, 9.17) is 4.74 Å². The van der Waals surface area contributed by atoms with Crippen LogP contribution in [0, 0.1) is 6.92 Å². The Labute approximate surface area is 175 Å². The maximum absolute atomic E-state index is 13.4. The second-order valence-corrected chi connectivity index (χ2v) is 9.51. The van der Waals surface area contributed by atoms with Gasteiger partial charge in [-0.25, -0.2) is 13.2 Å². The Morgan fingerprint density at radius 3 is 2.20 bits per heavy atom. The third kappa shape index (κ3) is 3.27. The molecule has 0 spiro atoms. The van der Waals surface area contributed by atoms with Gasteiger partial charge in [-0.2, -0.15) is 4.31 Å². The molecule has 1 aromatic heterocycles. The number of aryl methyl sites for hydroxylation is 3. The molecule has 160 valence electrons. The molecule has 0 unspecified atom stereocenters. The van der Waals surface area contributed by atoms with E-state index in [1.807, 2.05) is 24.3 Å². The highest BCUT2D eigenvalue weighted by molar-refractivity contribution is 7.89. The smallest absolute Gasteiger partial charge is 0.328 e. The zero-order chi connectivity index (χ0) is 21.6. The van der Waals surface area contributed by atoms with Crippen LogP contribution in [0.1, 0.15) is 5.56 Å². The van der Waals surface area contributed by atoms with Crippen LogP contribution in [-0.2, 0) is 24.1 Å². The number of hydrogen-bond acceptors (Lipinski definition) is 5. The highest BCUT2D eigenvalue weighted by Gasteiger charge is 2.30. The molecule has 3 aromatic rings. The zero-order valence-corrected chi connectivity index (χ0v) is 18.4. The summed E-state index contributed by atoms with van der Waals surface area (Å²) in [5, 5.41) is 0. The fraction of sp³-hybridized carbons (Fsp3) is 0.381. The third-order valence-electron chi connectivity index (χ3n) is 5.84. The number of sulfonamides is 1. The van der Waals surface area contributed by atoms with Gasteiger partial charge in [-0.05, 0) is 36.8 Å². The van der Waals surface area contributed by atoms with Gasteiger partial charge in [0.05, 0.1) is 23.0 Å². The van der Waals surface area contributed by atoms with Crippen LogP contribution in [0.25, 0.3) is 11.0 Å². The molecular formula is C21H26N4O4S. The number of piperazine rings is 1. The predicted octanol–water partition coefficient (Wildman–Crippen LogP) is 1.70. The lowest BCUT2D eigenvalue weighted by atomic mass is 10.2. The van der Waals surface area contributed by atoms with E-state index >= 15 is 0 Å². The monoisotopic (exact) mass is 430 g/mol. The molecule has 9 heteroatoms. The highest BCUT2D eigenvalue weighted by atomic mass is 32.2. The molecule has 0 N–H and O–H groups in total. The molecule has 8 nitrogen and oxygen atoms in total. The normalized spacial score (nSPS) is 15.7. The second-order valence-electron chi connectivity index (χ2n) is 7.60. The van der Waals surface area contributed by atoms with Gasteiger partial charge in [-0.1, -0.05) is 6.07 Å². The number of nitrogens with zero attached hydrogens (tertiary/aromatic N) is 4. The Balaban J connectivity index is 1.61. The van der Waals surface area contributed by atoms with E-state index in [0.717, 1.165) is 17.0 Å². The summed E-state index contributed by atoms with van der Waals surface area (Å²) in [7, 11) is 1.31. The van der Waals surface area contributed by atoms with Crippen LogP contribution < -0.4 is 15.3 Å². The number of benzene rings is 2. The van der Waals surface area contributed by atoms with Crippen molar-refractivity contribution in [1.82, 2.24) is 13.4 Å². The van der Waals surface area contributed by atoms with Crippen LogP contribution in [0.15, 0.2) is 46.1 Å². The first-order chi connectivity index (χ1) is 14.2. The summed E-state index contributed by atoms with van der Waals surface area (Å²) in [5.74, 6) is 0.778. The number of ether oxygens (including phenoxy) is 1. The van der Waals surface area contributed by atoms with Gasteiger partial charge in [-0.15, -0.1) is 0 Å². The molecule has 0 aliphatic carbocycles. The quantitative estimate of drug-likeness (QED) is 0.630. The average Bonchev–Trinajstić information content (AvgIpc) is 2.96. The van der Waals surface area contributed by atoms with Crippen molar-refractivity contribution in [2.24, 2.45) is 14.1 Å². The van der Waals surface area contributed by atoms with Crippen molar-refractivity contribution < 1.29 is 13.2 Å². The minimum Gasteiger partial charge on any atom is -0.497 e. The molecule has 1 fully saturated rings. The Morgan fingerprint density at radius 2 is 1.57 bits per heavy atom. The first-order valence-electron chi connectivity index (χ1n) is 9.79. The van der Waals surface area contributed by atoms with Crippen molar-refractivity contribution >= 4 is 26.7 Å². The average molecular weight is 431 g/mol. The molecule has 2 aromatic carbocycles.